The van der Waals surface area contributed by atoms with Crippen LogP contribution in [0.25, 0.3) is 0 Å². The van der Waals surface area contributed by atoms with E-state index in [0.29, 0.717) is 44.1 Å². The van der Waals surface area contributed by atoms with Gasteiger partial charge in [-0.3, -0.25) is 4.79 Å². The Kier molecular flexibility index (Phi) is 6.46. The number of aliphatic hydroxyl groups excluding tert-OH is 1. The third-order valence-corrected chi connectivity index (χ3v) is 14.4. The van der Waals surface area contributed by atoms with Crippen LogP contribution in [0.2, 0.25) is 0 Å². The van der Waals surface area contributed by atoms with E-state index in [2.05, 4.69) is 33.8 Å². The molecule has 4 saturated carbocycles. The van der Waals surface area contributed by atoms with E-state index in [1.54, 1.807) is 13.8 Å². The van der Waals surface area contributed by atoms with Gasteiger partial charge in [0.05, 0.1) is 12.7 Å². The molecule has 0 aromatic heterocycles. The van der Waals surface area contributed by atoms with Gasteiger partial charge in [-0.1, -0.05) is 58.8 Å². The van der Waals surface area contributed by atoms with E-state index in [9.17, 15) is 24.9 Å². The second-order valence-electron chi connectivity index (χ2n) is 16.9. The smallest absolute Gasteiger partial charge is 0.331 e. The minimum absolute atomic E-state index is 0.0161. The Bertz CT molecular complexity index is 1250. The van der Waals surface area contributed by atoms with Crippen LogP contribution in [0.5, 0.6) is 0 Å². The van der Waals surface area contributed by atoms with E-state index in [1.165, 1.54) is 11.6 Å². The summed E-state index contributed by atoms with van der Waals surface area (Å²) in [7, 11) is 0. The van der Waals surface area contributed by atoms with E-state index in [4.69, 9.17) is 9.47 Å². The lowest BCUT2D eigenvalue weighted by atomic mass is 9.32. The molecule has 6 fully saturated rings. The fourth-order valence-electron chi connectivity index (χ4n) is 11.7. The van der Waals surface area contributed by atoms with Crippen LogP contribution in [0.1, 0.15) is 107 Å². The van der Waals surface area contributed by atoms with Crippen LogP contribution in [-0.4, -0.2) is 51.9 Å². The Morgan fingerprint density at radius 3 is 2.29 bits per heavy atom. The van der Waals surface area contributed by atoms with E-state index in [1.807, 2.05) is 13.8 Å². The summed E-state index contributed by atoms with van der Waals surface area (Å²) in [4.78, 5) is 26.4. The summed E-state index contributed by atoms with van der Waals surface area (Å²) in [6.45, 7) is 17.3. The first-order valence-electron chi connectivity index (χ1n) is 16.2. The summed E-state index contributed by atoms with van der Waals surface area (Å²) in [5.41, 5.74) is -0.716. The van der Waals surface area contributed by atoms with Crippen LogP contribution in [0.3, 0.4) is 0 Å². The van der Waals surface area contributed by atoms with Crippen molar-refractivity contribution in [2.75, 3.05) is 6.61 Å². The summed E-state index contributed by atoms with van der Waals surface area (Å²) in [5, 5.41) is 34.0. The van der Waals surface area contributed by atoms with Gasteiger partial charge < -0.3 is 24.8 Å². The van der Waals surface area contributed by atoms with Crippen molar-refractivity contribution < 1.29 is 34.4 Å². The fourth-order valence-corrected chi connectivity index (χ4v) is 11.7. The molecule has 0 amide bonds. The largest absolute Gasteiger partial charge is 0.481 e. The first-order valence-corrected chi connectivity index (χ1v) is 16.2. The molecule has 7 nitrogen and oxygen atoms in total. The molecule has 42 heavy (non-hydrogen) atoms. The van der Waals surface area contributed by atoms with Crippen molar-refractivity contribution in [3.8, 4) is 0 Å². The molecule has 2 bridgehead atoms. The monoisotopic (exact) mass is 584 g/mol. The number of esters is 1. The van der Waals surface area contributed by atoms with Crippen molar-refractivity contribution in [2.45, 2.75) is 125 Å². The van der Waals surface area contributed by atoms with Crippen molar-refractivity contribution in [1.82, 2.24) is 0 Å². The van der Waals surface area contributed by atoms with Crippen molar-refractivity contribution in [1.29, 1.82) is 0 Å². The molecule has 0 aromatic rings. The second kappa shape index (κ2) is 8.94. The molecule has 7 heteroatoms. The highest BCUT2D eigenvalue weighted by Crippen LogP contribution is 2.78. The molecule has 0 radical (unpaired) electrons. The molecule has 0 aromatic carbocycles. The Labute approximate surface area is 251 Å². The fraction of sp³-hybridized carbons (Fsp3) is 0.829. The molecule has 2 aliphatic heterocycles. The first-order chi connectivity index (χ1) is 19.3. The molecule has 1 spiro atoms. The zero-order valence-electron chi connectivity index (χ0n) is 26.9. The molecule has 7 rings (SSSR count). The number of allylic oxidation sites excluding steroid dienone is 3. The average Bonchev–Trinajstić information content (AvgIpc) is 2.87. The molecular weight excluding hydrogens is 532 g/mol. The summed E-state index contributed by atoms with van der Waals surface area (Å²) < 4.78 is 12.3. The van der Waals surface area contributed by atoms with Gasteiger partial charge in [-0.15, -0.1) is 0 Å². The van der Waals surface area contributed by atoms with Gasteiger partial charge in [0.25, 0.3) is 0 Å². The van der Waals surface area contributed by atoms with Crippen LogP contribution in [-0.2, 0) is 19.1 Å². The van der Waals surface area contributed by atoms with E-state index < -0.39 is 40.8 Å². The second-order valence-corrected chi connectivity index (χ2v) is 16.9. The van der Waals surface area contributed by atoms with E-state index in [-0.39, 0.29) is 27.6 Å². The van der Waals surface area contributed by atoms with Gasteiger partial charge in [-0.25, -0.2) is 4.79 Å². The Balaban J connectivity index is 1.46. The van der Waals surface area contributed by atoms with E-state index in [0.717, 1.165) is 31.3 Å². The maximum absolute atomic E-state index is 13.4. The van der Waals surface area contributed by atoms with E-state index >= 15 is 0 Å². The van der Waals surface area contributed by atoms with Gasteiger partial charge in [-0.2, -0.15) is 0 Å². The van der Waals surface area contributed by atoms with Crippen LogP contribution < -0.4 is 0 Å². The zero-order valence-corrected chi connectivity index (χ0v) is 26.9. The molecule has 2 saturated heterocycles. The number of carboxylic acid groups (broad SMARTS) is 1. The van der Waals surface area contributed by atoms with Crippen LogP contribution in [0, 0.1) is 50.2 Å². The van der Waals surface area contributed by atoms with Crippen LogP contribution in [0.4, 0.5) is 0 Å². The Hall–Kier alpha value is -1.70. The number of carboxylic acids is 1. The number of carbonyl (C=O) groups is 2. The number of fused-ring (bicyclic) bond motifs is 7. The maximum atomic E-state index is 13.4. The number of hydrogen-bond donors (Lipinski definition) is 3. The zero-order chi connectivity index (χ0) is 30.9. The third-order valence-electron chi connectivity index (χ3n) is 14.4. The number of aliphatic hydroxyl groups is 2. The summed E-state index contributed by atoms with van der Waals surface area (Å²) >= 11 is 0. The molecule has 0 unspecified atom stereocenters. The van der Waals surface area contributed by atoms with Crippen LogP contribution >= 0.6 is 0 Å². The van der Waals surface area contributed by atoms with Gasteiger partial charge in [0, 0.05) is 29.2 Å². The Morgan fingerprint density at radius 2 is 1.69 bits per heavy atom. The maximum Gasteiger partial charge on any atom is 0.331 e. The number of hydrogen-bond acceptors (Lipinski definition) is 6. The molecule has 5 aliphatic carbocycles. The van der Waals surface area contributed by atoms with Crippen LogP contribution in [0.15, 0.2) is 23.3 Å². The van der Waals surface area contributed by atoms with Crippen molar-refractivity contribution >= 4 is 11.9 Å². The topological polar surface area (TPSA) is 113 Å². The van der Waals surface area contributed by atoms with Gasteiger partial charge in [-0.05, 0) is 86.9 Å². The molecular formula is C35H52O7. The lowest BCUT2D eigenvalue weighted by molar-refractivity contribution is -0.395. The van der Waals surface area contributed by atoms with Crippen molar-refractivity contribution in [3.05, 3.63) is 23.3 Å². The molecule has 10 atom stereocenters. The number of ether oxygens (including phenoxy) is 2. The molecule has 3 N–H and O–H groups in total. The van der Waals surface area contributed by atoms with Gasteiger partial charge in [0.1, 0.15) is 11.5 Å². The quantitative estimate of drug-likeness (QED) is 0.211. The average molecular weight is 585 g/mol. The normalized spacial score (nSPS) is 49.8. The van der Waals surface area contributed by atoms with Gasteiger partial charge in [0.15, 0.2) is 5.79 Å². The summed E-state index contributed by atoms with van der Waals surface area (Å²) in [5.74, 6) is -2.25. The molecule has 7 aliphatic rings. The number of rotatable bonds is 3. The number of aliphatic carboxylic acids is 1. The standard InChI is InChI=1S/C35H52O7/c1-20(2)17-25(36)42-27-26(37)29(3,4)18-22-21-9-10-24-32(8,31(21,7)13-15-34(22,27)28(38)39)12-11-23-30(5,6)35(40)16-14-33(23,24)19-41-35/h9,17,22-24,26-27,37,40H,10-16,18-19H2,1-8H3,(H,38,39)/t22-,23-,24-,26+,27+,31+,32+,33+,34-,35+/m0/s1. The highest BCUT2D eigenvalue weighted by molar-refractivity contribution is 5.84. The van der Waals surface area contributed by atoms with Gasteiger partial charge >= 0.3 is 11.9 Å². The minimum Gasteiger partial charge on any atom is -0.481 e. The third kappa shape index (κ3) is 3.51. The molecule has 234 valence electrons. The van der Waals surface area contributed by atoms with Gasteiger partial charge in [0.2, 0.25) is 0 Å². The molecule has 2 heterocycles. The lowest BCUT2D eigenvalue weighted by Crippen LogP contribution is -2.73. The highest BCUT2D eigenvalue weighted by atomic mass is 16.6. The van der Waals surface area contributed by atoms with Crippen molar-refractivity contribution in [2.24, 2.45) is 50.2 Å². The SMILES string of the molecule is CC(C)=CC(=O)O[C@@H]1[C@@H](O)C(C)(C)C[C@H]2C3=CC[C@@H]4[C@]56CC[C@@](O)(OC5)C(C)(C)[C@@H]6CC[C@@]4(C)[C@]3(C)CC[C@@]12C(=O)O. The summed E-state index contributed by atoms with van der Waals surface area (Å²) in [6.07, 6.45) is 7.56. The predicted molar refractivity (Wildman–Crippen MR) is 158 cm³/mol. The Morgan fingerprint density at radius 1 is 1.00 bits per heavy atom. The minimum atomic E-state index is -1.39. The predicted octanol–water partition coefficient (Wildman–Crippen LogP) is 6.03. The lowest BCUT2D eigenvalue weighted by Gasteiger charge is -2.74. The number of carbonyl (C=O) groups excluding carboxylic acids is 1. The summed E-state index contributed by atoms with van der Waals surface area (Å²) in [6, 6.07) is 0. The first kappa shape index (κ1) is 30.3. The van der Waals surface area contributed by atoms with Crippen molar-refractivity contribution in [3.63, 3.8) is 0 Å². The highest BCUT2D eigenvalue weighted by Gasteiger charge is 2.75.